The average Bonchev–Trinajstić information content (AvgIpc) is 2.59. The van der Waals surface area contributed by atoms with Crippen molar-refractivity contribution in [2.45, 2.75) is 50.7 Å². The molecule has 0 aliphatic heterocycles. The summed E-state index contributed by atoms with van der Waals surface area (Å²) in [7, 11) is 0. The zero-order valence-electron chi connectivity index (χ0n) is 16.4. The van der Waals surface area contributed by atoms with Crippen molar-refractivity contribution in [1.82, 2.24) is 0 Å². The van der Waals surface area contributed by atoms with E-state index in [0.29, 0.717) is 12.8 Å². The number of carbonyl (C=O) groups is 2. The number of benzene rings is 2. The van der Waals surface area contributed by atoms with Gasteiger partial charge in [0.05, 0.1) is 5.25 Å². The molecule has 0 aliphatic carbocycles. The number of amides is 2. The van der Waals surface area contributed by atoms with Gasteiger partial charge in [-0.2, -0.15) is 0 Å². The van der Waals surface area contributed by atoms with Gasteiger partial charge < -0.3 is 10.6 Å². The molecule has 1 unspecified atom stereocenters. The van der Waals surface area contributed by atoms with Crippen molar-refractivity contribution in [3.8, 4) is 0 Å². The Balaban J connectivity index is 2.00. The Morgan fingerprint density at radius 3 is 2.26 bits per heavy atom. The van der Waals surface area contributed by atoms with Crippen LogP contribution in [0.25, 0.3) is 0 Å². The molecule has 0 saturated carbocycles. The molecule has 0 saturated heterocycles. The molecule has 0 bridgehead atoms. The van der Waals surface area contributed by atoms with E-state index in [2.05, 4.69) is 10.6 Å². The summed E-state index contributed by atoms with van der Waals surface area (Å²) < 4.78 is 0. The highest BCUT2D eigenvalue weighted by molar-refractivity contribution is 8.00. The van der Waals surface area contributed by atoms with Crippen molar-refractivity contribution in [3.05, 3.63) is 54.6 Å². The van der Waals surface area contributed by atoms with Crippen molar-refractivity contribution >= 4 is 35.0 Å². The summed E-state index contributed by atoms with van der Waals surface area (Å²) in [4.78, 5) is 25.7. The quantitative estimate of drug-likeness (QED) is 0.614. The Labute approximate surface area is 166 Å². The van der Waals surface area contributed by atoms with Gasteiger partial charge in [0, 0.05) is 22.7 Å². The lowest BCUT2D eigenvalue weighted by Crippen LogP contribution is -2.24. The van der Waals surface area contributed by atoms with Crippen LogP contribution in [0.1, 0.15) is 40.5 Å². The van der Waals surface area contributed by atoms with Gasteiger partial charge in [0.25, 0.3) is 0 Å². The molecule has 0 heterocycles. The van der Waals surface area contributed by atoms with E-state index in [4.69, 9.17) is 0 Å². The molecule has 2 rings (SSSR count). The Hall–Kier alpha value is -2.27. The van der Waals surface area contributed by atoms with Crippen LogP contribution in [0.15, 0.2) is 59.5 Å². The van der Waals surface area contributed by atoms with Crippen molar-refractivity contribution in [2.24, 2.45) is 5.41 Å². The van der Waals surface area contributed by atoms with Crippen LogP contribution in [0.3, 0.4) is 0 Å². The minimum Gasteiger partial charge on any atom is -0.326 e. The van der Waals surface area contributed by atoms with Crippen molar-refractivity contribution in [1.29, 1.82) is 0 Å². The Kier molecular flexibility index (Phi) is 7.48. The predicted octanol–water partition coefficient (Wildman–Crippen LogP) is 5.57. The largest absolute Gasteiger partial charge is 0.326 e. The van der Waals surface area contributed by atoms with Gasteiger partial charge in [-0.3, -0.25) is 9.59 Å². The van der Waals surface area contributed by atoms with Crippen LogP contribution < -0.4 is 10.6 Å². The first-order valence-electron chi connectivity index (χ1n) is 9.19. The molecule has 5 heteroatoms. The van der Waals surface area contributed by atoms with E-state index in [9.17, 15) is 9.59 Å². The number of rotatable bonds is 7. The summed E-state index contributed by atoms with van der Waals surface area (Å²) in [5.74, 6) is -0.0191. The maximum absolute atomic E-state index is 12.6. The minimum absolute atomic E-state index is 0.00138. The number of hydrogen-bond acceptors (Lipinski definition) is 3. The third-order valence-corrected chi connectivity index (χ3v) is 5.15. The molecule has 2 aromatic rings. The molecule has 1 atom stereocenters. The first-order valence-corrected chi connectivity index (χ1v) is 10.1. The van der Waals surface area contributed by atoms with Gasteiger partial charge in [0.15, 0.2) is 0 Å². The number of anilines is 2. The molecular formula is C22H28N2O2S. The molecule has 0 aromatic heterocycles. The summed E-state index contributed by atoms with van der Waals surface area (Å²) in [6, 6.07) is 17.1. The normalized spacial score (nSPS) is 12.3. The number of nitrogens with one attached hydrogen (secondary N) is 2. The summed E-state index contributed by atoms with van der Waals surface area (Å²) in [5.41, 5.74) is 1.50. The van der Waals surface area contributed by atoms with E-state index >= 15 is 0 Å². The van der Waals surface area contributed by atoms with E-state index in [0.717, 1.165) is 16.3 Å². The minimum atomic E-state index is -0.203. The second kappa shape index (κ2) is 9.60. The maximum Gasteiger partial charge on any atom is 0.237 e. The van der Waals surface area contributed by atoms with Crippen LogP contribution in [0.4, 0.5) is 11.4 Å². The first kappa shape index (κ1) is 21.0. The summed E-state index contributed by atoms with van der Waals surface area (Å²) in [5, 5.41) is 5.70. The van der Waals surface area contributed by atoms with E-state index in [1.807, 2.05) is 82.3 Å². The van der Waals surface area contributed by atoms with Gasteiger partial charge in [-0.25, -0.2) is 0 Å². The zero-order chi connectivity index (χ0) is 19.9. The number of hydrogen-bond donors (Lipinski definition) is 2. The summed E-state index contributed by atoms with van der Waals surface area (Å²) in [6.07, 6.45) is 1.17. The Bertz CT molecular complexity index is 769. The molecular weight excluding hydrogens is 356 g/mol. The average molecular weight is 385 g/mol. The molecule has 27 heavy (non-hydrogen) atoms. The third kappa shape index (κ3) is 7.47. The van der Waals surface area contributed by atoms with Crippen LogP contribution in [-0.4, -0.2) is 17.1 Å². The van der Waals surface area contributed by atoms with Gasteiger partial charge in [-0.1, -0.05) is 52.0 Å². The molecule has 2 amide bonds. The predicted molar refractivity (Wildman–Crippen MR) is 114 cm³/mol. The lowest BCUT2D eigenvalue weighted by atomic mass is 9.92. The maximum atomic E-state index is 12.6. The third-order valence-electron chi connectivity index (χ3n) is 3.79. The fraction of sp³-hybridized carbons (Fsp3) is 0.364. The highest BCUT2D eigenvalue weighted by Gasteiger charge is 2.19. The molecule has 0 radical (unpaired) electrons. The van der Waals surface area contributed by atoms with Gasteiger partial charge >= 0.3 is 0 Å². The Morgan fingerprint density at radius 2 is 1.63 bits per heavy atom. The lowest BCUT2D eigenvalue weighted by molar-refractivity contribution is -0.118. The van der Waals surface area contributed by atoms with E-state index in [1.165, 1.54) is 11.8 Å². The standard InChI is InChI=1S/C22H28N2O2S/c1-5-19(21(26)24-16-10-7-6-8-11-16)27-18-13-9-12-17(14-18)23-20(25)15-22(2,3)4/h6-14,19H,5,15H2,1-4H3,(H,23,25)(H,24,26). The highest BCUT2D eigenvalue weighted by Crippen LogP contribution is 2.29. The molecule has 2 aromatic carbocycles. The smallest absolute Gasteiger partial charge is 0.237 e. The van der Waals surface area contributed by atoms with Crippen LogP contribution in [0.5, 0.6) is 0 Å². The van der Waals surface area contributed by atoms with Crippen LogP contribution >= 0.6 is 11.8 Å². The highest BCUT2D eigenvalue weighted by atomic mass is 32.2. The molecule has 4 nitrogen and oxygen atoms in total. The molecule has 0 aliphatic rings. The topological polar surface area (TPSA) is 58.2 Å². The SMILES string of the molecule is CCC(Sc1cccc(NC(=O)CC(C)(C)C)c1)C(=O)Nc1ccccc1. The van der Waals surface area contributed by atoms with E-state index < -0.39 is 0 Å². The number of carbonyl (C=O) groups excluding carboxylic acids is 2. The van der Waals surface area contributed by atoms with Crippen LogP contribution in [0.2, 0.25) is 0 Å². The van der Waals surface area contributed by atoms with Crippen molar-refractivity contribution in [3.63, 3.8) is 0 Å². The van der Waals surface area contributed by atoms with Crippen molar-refractivity contribution in [2.75, 3.05) is 10.6 Å². The monoisotopic (exact) mass is 384 g/mol. The van der Waals surface area contributed by atoms with Gasteiger partial charge in [-0.15, -0.1) is 11.8 Å². The summed E-state index contributed by atoms with van der Waals surface area (Å²) in [6.45, 7) is 8.11. The second-order valence-corrected chi connectivity index (χ2v) is 8.96. The van der Waals surface area contributed by atoms with Crippen LogP contribution in [-0.2, 0) is 9.59 Å². The fourth-order valence-electron chi connectivity index (χ4n) is 2.56. The zero-order valence-corrected chi connectivity index (χ0v) is 17.2. The summed E-state index contributed by atoms with van der Waals surface area (Å²) >= 11 is 1.51. The lowest BCUT2D eigenvalue weighted by Gasteiger charge is -2.18. The second-order valence-electron chi connectivity index (χ2n) is 7.68. The molecule has 144 valence electrons. The van der Waals surface area contributed by atoms with Gasteiger partial charge in [-0.05, 0) is 42.2 Å². The van der Waals surface area contributed by atoms with Crippen LogP contribution in [0, 0.1) is 5.41 Å². The van der Waals surface area contributed by atoms with Gasteiger partial charge in [0.1, 0.15) is 0 Å². The van der Waals surface area contributed by atoms with E-state index in [1.54, 1.807) is 0 Å². The van der Waals surface area contributed by atoms with E-state index in [-0.39, 0.29) is 22.5 Å². The number of thioether (sulfide) groups is 1. The number of para-hydroxylation sites is 1. The fourth-order valence-corrected chi connectivity index (χ4v) is 3.58. The molecule has 2 N–H and O–H groups in total. The molecule has 0 fully saturated rings. The first-order chi connectivity index (χ1) is 12.8. The van der Waals surface area contributed by atoms with Crippen molar-refractivity contribution < 1.29 is 9.59 Å². The molecule has 0 spiro atoms. The Morgan fingerprint density at radius 1 is 0.963 bits per heavy atom. The van der Waals surface area contributed by atoms with Gasteiger partial charge in [0.2, 0.25) is 11.8 Å².